The number of carbonyl (C=O) groups is 3. The van der Waals surface area contributed by atoms with Crippen molar-refractivity contribution in [2.45, 2.75) is 36.8 Å². The van der Waals surface area contributed by atoms with Crippen molar-refractivity contribution in [3.05, 3.63) is 0 Å². The molecule has 0 aliphatic carbocycles. The van der Waals surface area contributed by atoms with Gasteiger partial charge in [-0.1, -0.05) is 30.0 Å². The van der Waals surface area contributed by atoms with Gasteiger partial charge in [0.15, 0.2) is 4.34 Å². The molecule has 0 aromatic carbocycles. The third-order valence-corrected chi connectivity index (χ3v) is 4.21. The molecule has 3 N–H and O–H groups in total. The molecule has 1 heterocycles. The van der Waals surface area contributed by atoms with E-state index in [0.717, 1.165) is 23.1 Å². The molecule has 0 aliphatic rings. The number of ether oxygens (including phenoxy) is 1. The lowest BCUT2D eigenvalue weighted by molar-refractivity contribution is -0.128. The van der Waals surface area contributed by atoms with Crippen molar-refractivity contribution < 1.29 is 19.1 Å². The Morgan fingerprint density at radius 1 is 1.27 bits per heavy atom. The maximum Gasteiger partial charge on any atom is 0.413 e. The van der Waals surface area contributed by atoms with Gasteiger partial charge in [-0.15, -0.1) is 10.2 Å². The van der Waals surface area contributed by atoms with Crippen LogP contribution in [0.15, 0.2) is 4.34 Å². The maximum atomic E-state index is 11.8. The largest absolute Gasteiger partial charge is 0.450 e. The summed E-state index contributed by atoms with van der Waals surface area (Å²) in [5.74, 6) is -0.635. The molecule has 22 heavy (non-hydrogen) atoms. The Balaban J connectivity index is 2.46. The molecule has 9 nitrogen and oxygen atoms in total. The third-order valence-electron chi connectivity index (χ3n) is 2.18. The van der Waals surface area contributed by atoms with Crippen molar-refractivity contribution in [1.82, 2.24) is 21.0 Å². The van der Waals surface area contributed by atoms with Gasteiger partial charge in [0, 0.05) is 6.42 Å². The van der Waals surface area contributed by atoms with Crippen molar-refractivity contribution in [3.63, 3.8) is 0 Å². The Labute approximate surface area is 135 Å². The van der Waals surface area contributed by atoms with Gasteiger partial charge in [0.1, 0.15) is 0 Å². The summed E-state index contributed by atoms with van der Waals surface area (Å²) in [4.78, 5) is 34.0. The predicted molar refractivity (Wildman–Crippen MR) is 82.4 cm³/mol. The summed E-state index contributed by atoms with van der Waals surface area (Å²) in [6.07, 6.45) is -0.329. The fourth-order valence-electron chi connectivity index (χ4n) is 1.09. The second kappa shape index (κ2) is 9.20. The Hall–Kier alpha value is -1.88. The standard InChI is InChI=1S/C11H17N5O4S2/c1-4-7(17)13-14-8(18)6(3)21-11-16-15-9(22-11)12-10(19)20-5-2/h6H,4-5H2,1-3H3,(H,13,17)(H,14,18)(H,12,15,19)/t6-/m0/s1. The Bertz CT molecular complexity index is 536. The highest BCUT2D eigenvalue weighted by atomic mass is 32.2. The summed E-state index contributed by atoms with van der Waals surface area (Å²) >= 11 is 2.28. The predicted octanol–water partition coefficient (Wildman–Crippen LogP) is 1.14. The molecule has 0 saturated heterocycles. The number of amides is 3. The van der Waals surface area contributed by atoms with E-state index in [1.807, 2.05) is 0 Å². The van der Waals surface area contributed by atoms with E-state index in [1.165, 1.54) is 0 Å². The van der Waals surface area contributed by atoms with E-state index in [2.05, 4.69) is 26.4 Å². The molecule has 1 atom stereocenters. The summed E-state index contributed by atoms with van der Waals surface area (Å²) in [6.45, 7) is 5.29. The Kier molecular flexibility index (Phi) is 7.60. The molecule has 1 aromatic rings. The van der Waals surface area contributed by atoms with E-state index in [1.54, 1.807) is 20.8 Å². The Morgan fingerprint density at radius 3 is 2.64 bits per heavy atom. The third kappa shape index (κ3) is 6.26. The van der Waals surface area contributed by atoms with Crippen LogP contribution < -0.4 is 16.2 Å². The van der Waals surface area contributed by atoms with E-state index in [-0.39, 0.29) is 30.0 Å². The smallest absolute Gasteiger partial charge is 0.413 e. The molecule has 1 rings (SSSR count). The van der Waals surface area contributed by atoms with Crippen LogP contribution >= 0.6 is 23.1 Å². The highest BCUT2D eigenvalue weighted by Gasteiger charge is 2.18. The van der Waals surface area contributed by atoms with Gasteiger partial charge < -0.3 is 4.74 Å². The van der Waals surface area contributed by atoms with E-state index < -0.39 is 11.3 Å². The number of hydrazine groups is 1. The van der Waals surface area contributed by atoms with Crippen LogP contribution in [0.1, 0.15) is 27.2 Å². The van der Waals surface area contributed by atoms with Crippen molar-refractivity contribution in [3.8, 4) is 0 Å². The fourth-order valence-corrected chi connectivity index (χ4v) is 2.97. The number of thioether (sulfide) groups is 1. The summed E-state index contributed by atoms with van der Waals surface area (Å²) in [6, 6.07) is 0. The second-order valence-corrected chi connectivity index (χ2v) is 6.44. The van der Waals surface area contributed by atoms with Gasteiger partial charge in [-0.3, -0.25) is 25.8 Å². The van der Waals surface area contributed by atoms with Crippen LogP contribution in [0.4, 0.5) is 9.93 Å². The minimum Gasteiger partial charge on any atom is -0.450 e. The normalized spacial score (nSPS) is 11.4. The van der Waals surface area contributed by atoms with E-state index in [9.17, 15) is 14.4 Å². The Morgan fingerprint density at radius 2 is 2.00 bits per heavy atom. The van der Waals surface area contributed by atoms with Gasteiger partial charge in [-0.05, 0) is 13.8 Å². The first-order chi connectivity index (χ1) is 10.5. The summed E-state index contributed by atoms with van der Waals surface area (Å²) in [7, 11) is 0. The zero-order valence-corrected chi connectivity index (χ0v) is 14.0. The van der Waals surface area contributed by atoms with Crippen LogP contribution in [0.2, 0.25) is 0 Å². The van der Waals surface area contributed by atoms with Crippen LogP contribution in [0.3, 0.4) is 0 Å². The summed E-state index contributed by atoms with van der Waals surface area (Å²) < 4.78 is 5.23. The molecule has 122 valence electrons. The molecule has 1 aromatic heterocycles. The van der Waals surface area contributed by atoms with E-state index >= 15 is 0 Å². The highest BCUT2D eigenvalue weighted by Crippen LogP contribution is 2.28. The molecule has 0 spiro atoms. The average molecular weight is 347 g/mol. The molecule has 0 unspecified atom stereocenters. The van der Waals surface area contributed by atoms with Crippen molar-refractivity contribution in [2.75, 3.05) is 11.9 Å². The van der Waals surface area contributed by atoms with E-state index in [4.69, 9.17) is 4.74 Å². The lowest BCUT2D eigenvalue weighted by atomic mass is 10.4. The van der Waals surface area contributed by atoms with Crippen LogP contribution in [0, 0.1) is 0 Å². The number of anilines is 1. The van der Waals surface area contributed by atoms with Gasteiger partial charge in [-0.2, -0.15) is 0 Å². The maximum absolute atomic E-state index is 11.8. The first-order valence-corrected chi connectivity index (χ1v) is 8.18. The van der Waals surface area contributed by atoms with Crippen molar-refractivity contribution in [1.29, 1.82) is 0 Å². The van der Waals surface area contributed by atoms with Gasteiger partial charge in [0.2, 0.25) is 11.0 Å². The molecule has 0 fully saturated rings. The molecule has 0 saturated carbocycles. The number of nitrogens with one attached hydrogen (secondary N) is 3. The molecule has 0 radical (unpaired) electrons. The second-order valence-electron chi connectivity index (χ2n) is 3.87. The van der Waals surface area contributed by atoms with Crippen molar-refractivity contribution >= 4 is 46.1 Å². The van der Waals surface area contributed by atoms with Crippen LogP contribution in [0.25, 0.3) is 0 Å². The number of hydrogen-bond donors (Lipinski definition) is 3. The first-order valence-electron chi connectivity index (χ1n) is 6.48. The SMILES string of the molecule is CCOC(=O)Nc1nnc(S[C@@H](C)C(=O)NNC(=O)CC)s1. The average Bonchev–Trinajstić information content (AvgIpc) is 2.91. The number of hydrogen-bond acceptors (Lipinski definition) is 8. The molecule has 0 bridgehead atoms. The van der Waals surface area contributed by atoms with Crippen LogP contribution in [-0.2, 0) is 14.3 Å². The number of nitrogens with zero attached hydrogens (tertiary/aromatic N) is 2. The van der Waals surface area contributed by atoms with E-state index in [0.29, 0.717) is 4.34 Å². The molecule has 11 heteroatoms. The van der Waals surface area contributed by atoms with Crippen molar-refractivity contribution in [2.24, 2.45) is 0 Å². The highest BCUT2D eigenvalue weighted by molar-refractivity contribution is 8.02. The number of carbonyl (C=O) groups excluding carboxylic acids is 3. The zero-order chi connectivity index (χ0) is 16.5. The minimum absolute atomic E-state index is 0.257. The quantitative estimate of drug-likeness (QED) is 0.401. The lowest BCUT2D eigenvalue weighted by Crippen LogP contribution is -2.44. The lowest BCUT2D eigenvalue weighted by Gasteiger charge is -2.10. The summed E-state index contributed by atoms with van der Waals surface area (Å²) in [5.41, 5.74) is 4.60. The molecular weight excluding hydrogens is 330 g/mol. The van der Waals surface area contributed by atoms with Gasteiger partial charge >= 0.3 is 6.09 Å². The topological polar surface area (TPSA) is 122 Å². The van der Waals surface area contributed by atoms with Gasteiger partial charge in [0.25, 0.3) is 5.91 Å². The minimum atomic E-state index is -0.608. The monoisotopic (exact) mass is 347 g/mol. The van der Waals surface area contributed by atoms with Gasteiger partial charge in [0.05, 0.1) is 11.9 Å². The van der Waals surface area contributed by atoms with Gasteiger partial charge in [-0.25, -0.2) is 4.79 Å². The fraction of sp³-hybridized carbons (Fsp3) is 0.545. The molecule has 3 amide bonds. The molecular formula is C11H17N5O4S2. The summed E-state index contributed by atoms with van der Waals surface area (Å²) in [5, 5.41) is 9.86. The number of rotatable bonds is 6. The van der Waals surface area contributed by atoms with Crippen LogP contribution in [0.5, 0.6) is 0 Å². The molecule has 0 aliphatic heterocycles. The number of aromatic nitrogens is 2. The zero-order valence-electron chi connectivity index (χ0n) is 12.3. The van der Waals surface area contributed by atoms with Crippen LogP contribution in [-0.4, -0.2) is 40.0 Å². The first kappa shape index (κ1) is 18.2.